The number of hydrogen-bond donors (Lipinski definition) is 2. The van der Waals surface area contributed by atoms with Gasteiger partial charge in [0, 0.05) is 23.7 Å². The zero-order valence-corrected chi connectivity index (χ0v) is 13.0. The predicted octanol–water partition coefficient (Wildman–Crippen LogP) is 3.47. The molecule has 1 saturated carbocycles. The van der Waals surface area contributed by atoms with E-state index >= 15 is 0 Å². The van der Waals surface area contributed by atoms with E-state index in [1.807, 2.05) is 6.92 Å². The fourth-order valence-electron chi connectivity index (χ4n) is 4.25. The molecule has 4 atom stereocenters. The van der Waals surface area contributed by atoms with Gasteiger partial charge >= 0.3 is 0 Å². The van der Waals surface area contributed by atoms with Crippen molar-refractivity contribution in [2.75, 3.05) is 6.54 Å². The van der Waals surface area contributed by atoms with E-state index in [0.717, 1.165) is 23.5 Å². The first-order chi connectivity index (χ1) is 9.65. The molecule has 4 unspecified atom stereocenters. The zero-order chi connectivity index (χ0) is 14.1. The van der Waals surface area contributed by atoms with Crippen molar-refractivity contribution in [3.63, 3.8) is 0 Å². The maximum atomic E-state index is 5.67. The van der Waals surface area contributed by atoms with Gasteiger partial charge in [-0.1, -0.05) is 6.42 Å². The van der Waals surface area contributed by atoms with E-state index < -0.39 is 0 Å². The molecule has 0 radical (unpaired) electrons. The van der Waals surface area contributed by atoms with Crippen LogP contribution < -0.4 is 10.6 Å². The van der Waals surface area contributed by atoms with Gasteiger partial charge in [0.25, 0.3) is 0 Å². The lowest BCUT2D eigenvalue weighted by Crippen LogP contribution is -2.42. The minimum atomic E-state index is 0.388. The average molecular weight is 276 g/mol. The number of rotatable bonds is 4. The van der Waals surface area contributed by atoms with Gasteiger partial charge in [0.15, 0.2) is 0 Å². The second-order valence-electron chi connectivity index (χ2n) is 6.66. The van der Waals surface area contributed by atoms with Crippen LogP contribution in [0.1, 0.15) is 62.2 Å². The fraction of sp³-hybridized carbons (Fsp3) is 0.765. The summed E-state index contributed by atoms with van der Waals surface area (Å²) in [5, 5.41) is 7.57. The summed E-state index contributed by atoms with van der Waals surface area (Å²) in [5.41, 5.74) is 1.33. The Kier molecular flexibility index (Phi) is 4.18. The Morgan fingerprint density at radius 3 is 2.75 bits per heavy atom. The topological polar surface area (TPSA) is 37.2 Å². The molecule has 0 amide bonds. The van der Waals surface area contributed by atoms with Gasteiger partial charge in [-0.15, -0.1) is 0 Å². The summed E-state index contributed by atoms with van der Waals surface area (Å²) in [7, 11) is 0. The molecule has 20 heavy (non-hydrogen) atoms. The molecule has 3 rings (SSSR count). The summed E-state index contributed by atoms with van der Waals surface area (Å²) in [6.45, 7) is 7.59. The molecule has 1 aliphatic heterocycles. The molecule has 112 valence electrons. The van der Waals surface area contributed by atoms with Gasteiger partial charge in [0.05, 0.1) is 0 Å². The number of nitrogens with one attached hydrogen (secondary N) is 2. The highest BCUT2D eigenvalue weighted by molar-refractivity contribution is 5.23. The van der Waals surface area contributed by atoms with Crippen LogP contribution in [0.15, 0.2) is 10.5 Å². The maximum absolute atomic E-state index is 5.67. The number of aryl methyl sites for hydroxylation is 2. The van der Waals surface area contributed by atoms with Gasteiger partial charge in [-0.25, -0.2) is 0 Å². The first kappa shape index (κ1) is 14.2. The molecule has 3 nitrogen and oxygen atoms in total. The van der Waals surface area contributed by atoms with Crippen LogP contribution in [0.3, 0.4) is 0 Å². The lowest BCUT2D eigenvalue weighted by molar-refractivity contribution is 0.302. The molecule has 2 heterocycles. The molecular weight excluding hydrogens is 248 g/mol. The van der Waals surface area contributed by atoms with Crippen molar-refractivity contribution >= 4 is 0 Å². The normalized spacial score (nSPS) is 31.9. The Balaban J connectivity index is 1.65. The highest BCUT2D eigenvalue weighted by Gasteiger charge is 2.35. The summed E-state index contributed by atoms with van der Waals surface area (Å²) in [6.07, 6.45) is 6.79. The van der Waals surface area contributed by atoms with Crippen LogP contribution in [-0.4, -0.2) is 18.6 Å². The zero-order valence-electron chi connectivity index (χ0n) is 13.0. The first-order valence-electron chi connectivity index (χ1n) is 8.21. The summed E-state index contributed by atoms with van der Waals surface area (Å²) in [6, 6.07) is 3.98. The van der Waals surface area contributed by atoms with Crippen LogP contribution in [-0.2, 0) is 0 Å². The minimum Gasteiger partial charge on any atom is -0.466 e. The van der Waals surface area contributed by atoms with E-state index in [1.165, 1.54) is 44.2 Å². The molecule has 2 aliphatic rings. The van der Waals surface area contributed by atoms with Crippen molar-refractivity contribution in [2.45, 2.75) is 71.0 Å². The number of hydrogen-bond acceptors (Lipinski definition) is 3. The van der Waals surface area contributed by atoms with E-state index in [4.69, 9.17) is 4.42 Å². The van der Waals surface area contributed by atoms with Crippen molar-refractivity contribution in [1.29, 1.82) is 0 Å². The van der Waals surface area contributed by atoms with Gasteiger partial charge in [0.2, 0.25) is 0 Å². The standard InChI is InChI=1S/C17H28N2O/c1-11-10-15(13(3)20-11)12(2)19-17-7-4-6-14(17)16-8-5-9-18-16/h10,12,14,16-19H,4-9H2,1-3H3. The molecule has 1 aromatic rings. The van der Waals surface area contributed by atoms with Gasteiger partial charge in [-0.2, -0.15) is 0 Å². The van der Waals surface area contributed by atoms with E-state index in [0.29, 0.717) is 12.1 Å². The monoisotopic (exact) mass is 276 g/mol. The number of furan rings is 1. The Bertz CT molecular complexity index is 448. The molecule has 0 aromatic carbocycles. The largest absolute Gasteiger partial charge is 0.466 e. The van der Waals surface area contributed by atoms with E-state index in [2.05, 4.69) is 30.5 Å². The highest BCUT2D eigenvalue weighted by Crippen LogP contribution is 2.34. The van der Waals surface area contributed by atoms with Crippen molar-refractivity contribution in [2.24, 2.45) is 5.92 Å². The molecule has 3 heteroatoms. The summed E-state index contributed by atoms with van der Waals surface area (Å²) < 4.78 is 5.67. The Morgan fingerprint density at radius 1 is 1.25 bits per heavy atom. The van der Waals surface area contributed by atoms with Crippen LogP contribution in [0.2, 0.25) is 0 Å². The molecule has 1 aliphatic carbocycles. The van der Waals surface area contributed by atoms with Crippen molar-refractivity contribution in [1.82, 2.24) is 10.6 Å². The van der Waals surface area contributed by atoms with Gasteiger partial charge in [-0.05, 0) is 65.0 Å². The Labute approximate surface area is 122 Å². The molecule has 1 saturated heterocycles. The van der Waals surface area contributed by atoms with Crippen molar-refractivity contribution in [3.05, 3.63) is 23.2 Å². The van der Waals surface area contributed by atoms with E-state index in [9.17, 15) is 0 Å². The highest BCUT2D eigenvalue weighted by atomic mass is 16.3. The van der Waals surface area contributed by atoms with Crippen molar-refractivity contribution < 1.29 is 4.42 Å². The lowest BCUT2D eigenvalue weighted by atomic mass is 9.92. The average Bonchev–Trinajstić information content (AvgIpc) is 3.09. The SMILES string of the molecule is Cc1cc(C(C)NC2CCCC2C2CCCN2)c(C)o1. The third-order valence-electron chi connectivity index (χ3n) is 5.19. The van der Waals surface area contributed by atoms with Crippen LogP contribution in [0.4, 0.5) is 0 Å². The summed E-state index contributed by atoms with van der Waals surface area (Å²) in [5.74, 6) is 2.90. The maximum Gasteiger partial charge on any atom is 0.105 e. The fourth-order valence-corrected chi connectivity index (χ4v) is 4.25. The smallest absolute Gasteiger partial charge is 0.105 e. The van der Waals surface area contributed by atoms with Gasteiger partial charge in [-0.3, -0.25) is 0 Å². The molecular formula is C17H28N2O. The van der Waals surface area contributed by atoms with Crippen LogP contribution in [0.5, 0.6) is 0 Å². The second-order valence-corrected chi connectivity index (χ2v) is 6.66. The third-order valence-corrected chi connectivity index (χ3v) is 5.19. The van der Waals surface area contributed by atoms with E-state index in [-0.39, 0.29) is 0 Å². The lowest BCUT2D eigenvalue weighted by Gasteiger charge is -2.29. The van der Waals surface area contributed by atoms with Crippen LogP contribution >= 0.6 is 0 Å². The third kappa shape index (κ3) is 2.79. The molecule has 0 bridgehead atoms. The first-order valence-corrected chi connectivity index (χ1v) is 8.21. The second kappa shape index (κ2) is 5.90. The summed E-state index contributed by atoms with van der Waals surface area (Å²) >= 11 is 0. The van der Waals surface area contributed by atoms with E-state index in [1.54, 1.807) is 0 Å². The summed E-state index contributed by atoms with van der Waals surface area (Å²) in [4.78, 5) is 0. The van der Waals surface area contributed by atoms with Crippen molar-refractivity contribution in [3.8, 4) is 0 Å². The Morgan fingerprint density at radius 2 is 2.10 bits per heavy atom. The predicted molar refractivity (Wildman–Crippen MR) is 81.9 cm³/mol. The molecule has 0 spiro atoms. The quantitative estimate of drug-likeness (QED) is 0.884. The molecule has 2 N–H and O–H groups in total. The molecule has 1 aromatic heterocycles. The van der Waals surface area contributed by atoms with Gasteiger partial charge < -0.3 is 15.1 Å². The van der Waals surface area contributed by atoms with Crippen LogP contribution in [0.25, 0.3) is 0 Å². The molecule has 2 fully saturated rings. The van der Waals surface area contributed by atoms with Gasteiger partial charge in [0.1, 0.15) is 11.5 Å². The van der Waals surface area contributed by atoms with Crippen LogP contribution in [0, 0.1) is 19.8 Å². The minimum absolute atomic E-state index is 0.388. The Hall–Kier alpha value is -0.800.